The highest BCUT2D eigenvalue weighted by atomic mass is 35.5. The summed E-state index contributed by atoms with van der Waals surface area (Å²) in [6.45, 7) is 1.73. The van der Waals surface area contributed by atoms with Gasteiger partial charge >= 0.3 is 0 Å². The standard InChI is InChI=1S/C12H13Cl2N3O2S/c1-8-11(12(14)17(2)16-8)20(18,19)15-7-9-4-3-5-10(13)6-9/h3-6,15H,7H2,1-2H3. The molecule has 0 atom stereocenters. The average Bonchev–Trinajstić information content (AvgIpc) is 2.61. The fourth-order valence-corrected chi connectivity index (χ4v) is 3.79. The van der Waals surface area contributed by atoms with Gasteiger partial charge in [0.25, 0.3) is 0 Å². The lowest BCUT2D eigenvalue weighted by molar-refractivity contribution is 0.580. The topological polar surface area (TPSA) is 64.0 Å². The molecule has 0 saturated carbocycles. The van der Waals surface area contributed by atoms with Crippen LogP contribution in [0.15, 0.2) is 29.2 Å². The molecule has 0 saturated heterocycles. The van der Waals surface area contributed by atoms with E-state index in [9.17, 15) is 8.42 Å². The van der Waals surface area contributed by atoms with E-state index < -0.39 is 10.0 Å². The Morgan fingerprint density at radius 3 is 2.60 bits per heavy atom. The Morgan fingerprint density at radius 1 is 1.35 bits per heavy atom. The summed E-state index contributed by atoms with van der Waals surface area (Å²) in [5, 5.41) is 4.63. The molecule has 0 spiro atoms. The van der Waals surface area contributed by atoms with Gasteiger partial charge in [0, 0.05) is 18.6 Å². The van der Waals surface area contributed by atoms with Crippen LogP contribution in [-0.4, -0.2) is 18.2 Å². The van der Waals surface area contributed by atoms with Gasteiger partial charge in [0.15, 0.2) is 0 Å². The normalized spacial score (nSPS) is 11.8. The summed E-state index contributed by atoms with van der Waals surface area (Å²) in [6.07, 6.45) is 0. The Hall–Kier alpha value is -1.08. The van der Waals surface area contributed by atoms with Crippen LogP contribution in [0.3, 0.4) is 0 Å². The molecule has 0 aliphatic heterocycles. The van der Waals surface area contributed by atoms with Gasteiger partial charge in [0.05, 0.1) is 5.69 Å². The smallest absolute Gasteiger partial charge is 0.245 e. The van der Waals surface area contributed by atoms with Crippen LogP contribution in [0.5, 0.6) is 0 Å². The summed E-state index contributed by atoms with van der Waals surface area (Å²) in [5.74, 6) is 0. The van der Waals surface area contributed by atoms with Crippen LogP contribution < -0.4 is 4.72 Å². The molecule has 1 heterocycles. The van der Waals surface area contributed by atoms with Crippen LogP contribution >= 0.6 is 23.2 Å². The van der Waals surface area contributed by atoms with E-state index in [2.05, 4.69) is 9.82 Å². The van der Waals surface area contributed by atoms with Gasteiger partial charge < -0.3 is 0 Å². The maximum absolute atomic E-state index is 12.3. The van der Waals surface area contributed by atoms with Crippen molar-refractivity contribution in [1.82, 2.24) is 14.5 Å². The molecule has 1 N–H and O–H groups in total. The highest BCUT2D eigenvalue weighted by molar-refractivity contribution is 7.89. The van der Waals surface area contributed by atoms with E-state index in [4.69, 9.17) is 23.2 Å². The van der Waals surface area contributed by atoms with Crippen molar-refractivity contribution in [3.8, 4) is 0 Å². The highest BCUT2D eigenvalue weighted by Crippen LogP contribution is 2.24. The molecule has 2 aromatic rings. The summed E-state index contributed by atoms with van der Waals surface area (Å²) < 4.78 is 28.3. The van der Waals surface area contributed by atoms with Gasteiger partial charge in [-0.15, -0.1) is 0 Å². The van der Waals surface area contributed by atoms with Crippen LogP contribution in [0, 0.1) is 6.92 Å². The van der Waals surface area contributed by atoms with Crippen LogP contribution in [0.1, 0.15) is 11.3 Å². The first-order chi connectivity index (χ1) is 9.31. The summed E-state index contributed by atoms with van der Waals surface area (Å²) >= 11 is 11.8. The van der Waals surface area contributed by atoms with Crippen molar-refractivity contribution in [1.29, 1.82) is 0 Å². The van der Waals surface area contributed by atoms with E-state index in [0.717, 1.165) is 5.56 Å². The number of hydrogen-bond acceptors (Lipinski definition) is 3. The maximum Gasteiger partial charge on any atom is 0.245 e. The molecule has 0 amide bonds. The fourth-order valence-electron chi connectivity index (χ4n) is 1.81. The van der Waals surface area contributed by atoms with Gasteiger partial charge in [-0.1, -0.05) is 35.3 Å². The molecule has 0 bridgehead atoms. The third-order valence-corrected chi connectivity index (χ3v) is 5.06. The Balaban J connectivity index is 2.24. The zero-order valence-electron chi connectivity index (χ0n) is 10.9. The molecule has 8 heteroatoms. The van der Waals surface area contributed by atoms with Crippen LogP contribution in [-0.2, 0) is 23.6 Å². The number of sulfonamides is 1. The molecule has 1 aromatic heterocycles. The Kier molecular flexibility index (Phi) is 4.39. The first kappa shape index (κ1) is 15.3. The van der Waals surface area contributed by atoms with Crippen LogP contribution in [0.2, 0.25) is 10.2 Å². The van der Waals surface area contributed by atoms with E-state index >= 15 is 0 Å². The zero-order chi connectivity index (χ0) is 14.9. The van der Waals surface area contributed by atoms with Gasteiger partial charge in [-0.2, -0.15) is 5.10 Å². The Labute approximate surface area is 127 Å². The number of benzene rings is 1. The number of aromatic nitrogens is 2. The van der Waals surface area contributed by atoms with Gasteiger partial charge in [-0.3, -0.25) is 4.68 Å². The van der Waals surface area contributed by atoms with Crippen molar-refractivity contribution in [2.24, 2.45) is 7.05 Å². The Morgan fingerprint density at radius 2 is 2.05 bits per heavy atom. The van der Waals surface area contributed by atoms with Crippen molar-refractivity contribution in [3.05, 3.63) is 45.7 Å². The minimum absolute atomic E-state index is 0.00342. The lowest BCUT2D eigenvalue weighted by Gasteiger charge is -2.07. The predicted octanol–water partition coefficient (Wildman–Crippen LogP) is 2.51. The zero-order valence-corrected chi connectivity index (χ0v) is 13.2. The predicted molar refractivity (Wildman–Crippen MR) is 78.4 cm³/mol. The molecule has 108 valence electrons. The molecule has 1 aromatic carbocycles. The van der Waals surface area contributed by atoms with Crippen LogP contribution in [0.4, 0.5) is 0 Å². The third-order valence-electron chi connectivity index (χ3n) is 2.72. The minimum atomic E-state index is -3.72. The molecular weight excluding hydrogens is 321 g/mol. The van der Waals surface area contributed by atoms with E-state index in [-0.39, 0.29) is 16.6 Å². The molecule has 0 fully saturated rings. The summed E-state index contributed by atoms with van der Waals surface area (Å²) in [4.78, 5) is 0.00342. The molecular formula is C12H13Cl2N3O2S. The number of hydrogen-bond donors (Lipinski definition) is 1. The second kappa shape index (κ2) is 5.73. The number of nitrogens with zero attached hydrogens (tertiary/aromatic N) is 2. The second-order valence-electron chi connectivity index (χ2n) is 4.28. The molecule has 0 unspecified atom stereocenters. The summed E-state index contributed by atoms with van der Waals surface area (Å²) in [7, 11) is -2.13. The number of aryl methyl sites for hydroxylation is 2. The lowest BCUT2D eigenvalue weighted by atomic mass is 10.2. The number of rotatable bonds is 4. The van der Waals surface area contributed by atoms with E-state index in [1.54, 1.807) is 38.2 Å². The number of nitrogens with one attached hydrogen (secondary N) is 1. The molecule has 2 rings (SSSR count). The summed E-state index contributed by atoms with van der Waals surface area (Å²) in [6, 6.07) is 6.96. The van der Waals surface area contributed by atoms with Crippen molar-refractivity contribution < 1.29 is 8.42 Å². The quantitative estimate of drug-likeness (QED) is 0.934. The van der Waals surface area contributed by atoms with Gasteiger partial charge in [-0.05, 0) is 24.6 Å². The molecule has 0 aliphatic rings. The summed E-state index contributed by atoms with van der Waals surface area (Å²) in [5.41, 5.74) is 1.12. The minimum Gasteiger partial charge on any atom is -0.255 e. The molecule has 0 radical (unpaired) electrons. The second-order valence-corrected chi connectivity index (χ2v) is 6.78. The SMILES string of the molecule is Cc1nn(C)c(Cl)c1S(=O)(=O)NCc1cccc(Cl)c1. The van der Waals surface area contributed by atoms with Crippen molar-refractivity contribution in [2.45, 2.75) is 18.4 Å². The first-order valence-electron chi connectivity index (χ1n) is 5.74. The molecule has 0 aliphatic carbocycles. The fraction of sp³-hybridized carbons (Fsp3) is 0.250. The monoisotopic (exact) mass is 333 g/mol. The van der Waals surface area contributed by atoms with Crippen molar-refractivity contribution in [3.63, 3.8) is 0 Å². The van der Waals surface area contributed by atoms with Gasteiger partial charge in [0.2, 0.25) is 10.0 Å². The van der Waals surface area contributed by atoms with Crippen molar-refractivity contribution >= 4 is 33.2 Å². The largest absolute Gasteiger partial charge is 0.255 e. The van der Waals surface area contributed by atoms with Gasteiger partial charge in [-0.25, -0.2) is 13.1 Å². The molecule has 20 heavy (non-hydrogen) atoms. The third kappa shape index (κ3) is 3.15. The Bertz CT molecular complexity index is 741. The highest BCUT2D eigenvalue weighted by Gasteiger charge is 2.24. The average molecular weight is 334 g/mol. The lowest BCUT2D eigenvalue weighted by Crippen LogP contribution is -2.24. The van der Waals surface area contributed by atoms with E-state index in [1.165, 1.54) is 4.68 Å². The maximum atomic E-state index is 12.3. The first-order valence-corrected chi connectivity index (χ1v) is 7.98. The van der Waals surface area contributed by atoms with Crippen molar-refractivity contribution in [2.75, 3.05) is 0 Å². The van der Waals surface area contributed by atoms with E-state index in [0.29, 0.717) is 10.7 Å². The number of halogens is 2. The van der Waals surface area contributed by atoms with Crippen LogP contribution in [0.25, 0.3) is 0 Å². The molecule has 5 nitrogen and oxygen atoms in total. The van der Waals surface area contributed by atoms with Gasteiger partial charge in [0.1, 0.15) is 10.0 Å². The van der Waals surface area contributed by atoms with E-state index in [1.807, 2.05) is 0 Å².